The van der Waals surface area contributed by atoms with Crippen LogP contribution in [0, 0.1) is 0 Å². The number of nitrogens with two attached hydrogens (primary N) is 1. The van der Waals surface area contributed by atoms with Gasteiger partial charge in [0.15, 0.2) is 0 Å². The lowest BCUT2D eigenvalue weighted by Gasteiger charge is -2.13. The summed E-state index contributed by atoms with van der Waals surface area (Å²) in [5.74, 6) is 0. The monoisotopic (exact) mass is 316 g/mol. The number of sulfonamides is 1. The normalized spacial score (nSPS) is 13.4. The van der Waals surface area contributed by atoms with E-state index in [9.17, 15) is 8.42 Å². The first-order valence-electron chi connectivity index (χ1n) is 5.49. The third-order valence-corrected chi connectivity index (χ3v) is 5.24. The molecule has 1 atom stereocenters. The lowest BCUT2D eigenvalue weighted by molar-refractivity contribution is 0.567. The number of nitrogens with one attached hydrogen (secondary N) is 1. The fourth-order valence-corrected chi connectivity index (χ4v) is 3.72. The van der Waals surface area contributed by atoms with E-state index in [1.54, 1.807) is 6.92 Å². The summed E-state index contributed by atoms with van der Waals surface area (Å²) in [7, 11) is -3.61. The van der Waals surface area contributed by atoms with Gasteiger partial charge in [-0.3, -0.25) is 0 Å². The van der Waals surface area contributed by atoms with Gasteiger partial charge < -0.3 is 5.73 Å². The topological polar surface area (TPSA) is 72.2 Å². The maximum absolute atomic E-state index is 12.2. The van der Waals surface area contributed by atoms with Crippen molar-refractivity contribution in [1.82, 2.24) is 4.72 Å². The molecule has 3 N–H and O–H groups in total. The SMILES string of the molecule is CC(NS(=O)(=O)c1ccc(Cl)c(N)c1)c1ccsc1. The van der Waals surface area contributed by atoms with Crippen molar-refractivity contribution in [2.75, 3.05) is 5.73 Å². The van der Waals surface area contributed by atoms with Crippen molar-refractivity contribution in [3.8, 4) is 0 Å². The van der Waals surface area contributed by atoms with Gasteiger partial charge in [-0.25, -0.2) is 13.1 Å². The third kappa shape index (κ3) is 3.27. The van der Waals surface area contributed by atoms with Crippen molar-refractivity contribution in [3.63, 3.8) is 0 Å². The Labute approximate surface area is 121 Å². The zero-order chi connectivity index (χ0) is 14.0. The minimum atomic E-state index is -3.61. The number of halogens is 1. The molecule has 0 aliphatic heterocycles. The number of thiophene rings is 1. The van der Waals surface area contributed by atoms with Crippen LogP contribution in [0.25, 0.3) is 0 Å². The lowest BCUT2D eigenvalue weighted by atomic mass is 10.2. The highest BCUT2D eigenvalue weighted by Gasteiger charge is 2.19. The second-order valence-electron chi connectivity index (χ2n) is 4.08. The van der Waals surface area contributed by atoms with E-state index in [0.717, 1.165) is 5.56 Å². The molecule has 2 rings (SSSR count). The van der Waals surface area contributed by atoms with E-state index in [0.29, 0.717) is 5.02 Å². The van der Waals surface area contributed by atoms with E-state index in [1.165, 1.54) is 29.5 Å². The van der Waals surface area contributed by atoms with Crippen molar-refractivity contribution < 1.29 is 8.42 Å². The Bertz CT molecular complexity index is 669. The summed E-state index contributed by atoms with van der Waals surface area (Å²) < 4.78 is 27.0. The second kappa shape index (κ2) is 5.50. The van der Waals surface area contributed by atoms with Crippen LogP contribution in [0.5, 0.6) is 0 Å². The molecule has 102 valence electrons. The van der Waals surface area contributed by atoms with E-state index in [2.05, 4.69) is 4.72 Å². The number of hydrogen-bond donors (Lipinski definition) is 2. The van der Waals surface area contributed by atoms with Gasteiger partial charge in [0.05, 0.1) is 15.6 Å². The fraction of sp³-hybridized carbons (Fsp3) is 0.167. The predicted octanol–water partition coefficient (Wildman–Crippen LogP) is 3.02. The Morgan fingerprint density at radius 3 is 2.68 bits per heavy atom. The molecule has 1 aromatic heterocycles. The average Bonchev–Trinajstić information content (AvgIpc) is 2.85. The largest absolute Gasteiger partial charge is 0.397 e. The van der Waals surface area contributed by atoms with Crippen molar-refractivity contribution in [1.29, 1.82) is 0 Å². The molecule has 0 bridgehead atoms. The summed E-state index contributed by atoms with van der Waals surface area (Å²) in [6.45, 7) is 1.79. The number of anilines is 1. The summed E-state index contributed by atoms with van der Waals surface area (Å²) in [5.41, 5.74) is 6.79. The first-order chi connectivity index (χ1) is 8.90. The van der Waals surface area contributed by atoms with Gasteiger partial charge in [-0.05, 0) is 47.5 Å². The molecule has 0 aliphatic carbocycles. The van der Waals surface area contributed by atoms with Gasteiger partial charge in [0.2, 0.25) is 10.0 Å². The zero-order valence-corrected chi connectivity index (χ0v) is 12.5. The molecule has 0 saturated carbocycles. The highest BCUT2D eigenvalue weighted by Crippen LogP contribution is 2.24. The lowest BCUT2D eigenvalue weighted by Crippen LogP contribution is -2.26. The number of benzene rings is 1. The van der Waals surface area contributed by atoms with Gasteiger partial charge in [0.1, 0.15) is 0 Å². The van der Waals surface area contributed by atoms with Gasteiger partial charge in [0, 0.05) is 6.04 Å². The standard InChI is InChI=1S/C12H13ClN2O2S2/c1-8(9-4-5-18-7-9)15-19(16,17)10-2-3-11(13)12(14)6-10/h2-8,15H,14H2,1H3. The van der Waals surface area contributed by atoms with Crippen LogP contribution in [-0.4, -0.2) is 8.42 Å². The van der Waals surface area contributed by atoms with Crippen LogP contribution in [0.1, 0.15) is 18.5 Å². The van der Waals surface area contributed by atoms with Crippen LogP contribution >= 0.6 is 22.9 Å². The average molecular weight is 317 g/mol. The molecule has 2 aromatic rings. The Kier molecular flexibility index (Phi) is 4.15. The van der Waals surface area contributed by atoms with E-state index in [4.69, 9.17) is 17.3 Å². The third-order valence-electron chi connectivity index (χ3n) is 2.65. The van der Waals surface area contributed by atoms with Crippen LogP contribution in [0.15, 0.2) is 39.9 Å². The van der Waals surface area contributed by atoms with Crippen LogP contribution in [0.2, 0.25) is 5.02 Å². The van der Waals surface area contributed by atoms with Crippen molar-refractivity contribution in [2.45, 2.75) is 17.9 Å². The van der Waals surface area contributed by atoms with Crippen LogP contribution in [-0.2, 0) is 10.0 Å². The van der Waals surface area contributed by atoms with Gasteiger partial charge in [-0.2, -0.15) is 11.3 Å². The van der Waals surface area contributed by atoms with Crippen LogP contribution in [0.4, 0.5) is 5.69 Å². The van der Waals surface area contributed by atoms with Crippen molar-refractivity contribution in [3.05, 3.63) is 45.6 Å². The maximum Gasteiger partial charge on any atom is 0.241 e. The predicted molar refractivity (Wildman–Crippen MR) is 78.9 cm³/mol. The van der Waals surface area contributed by atoms with Gasteiger partial charge >= 0.3 is 0 Å². The molecular formula is C12H13ClN2O2S2. The smallest absolute Gasteiger partial charge is 0.241 e. The van der Waals surface area contributed by atoms with E-state index < -0.39 is 10.0 Å². The second-order valence-corrected chi connectivity index (χ2v) is 6.98. The Balaban J connectivity index is 2.25. The summed E-state index contributed by atoms with van der Waals surface area (Å²) in [6, 6.07) is 5.84. The molecular weight excluding hydrogens is 304 g/mol. The highest BCUT2D eigenvalue weighted by molar-refractivity contribution is 7.89. The molecule has 1 aromatic carbocycles. The van der Waals surface area contributed by atoms with Crippen LogP contribution < -0.4 is 10.5 Å². The Morgan fingerprint density at radius 2 is 2.11 bits per heavy atom. The minimum absolute atomic E-state index is 0.108. The number of nitrogen functional groups attached to an aromatic ring is 1. The van der Waals surface area contributed by atoms with Crippen molar-refractivity contribution >= 4 is 38.6 Å². The van der Waals surface area contributed by atoms with Gasteiger partial charge in [-0.1, -0.05) is 11.6 Å². The quantitative estimate of drug-likeness (QED) is 0.852. The molecule has 7 heteroatoms. The highest BCUT2D eigenvalue weighted by atomic mass is 35.5. The molecule has 19 heavy (non-hydrogen) atoms. The van der Waals surface area contributed by atoms with Gasteiger partial charge in [0.25, 0.3) is 0 Å². The van der Waals surface area contributed by atoms with E-state index >= 15 is 0 Å². The Hall–Kier alpha value is -1.08. The molecule has 4 nitrogen and oxygen atoms in total. The molecule has 0 aliphatic rings. The molecule has 0 spiro atoms. The van der Waals surface area contributed by atoms with Crippen LogP contribution in [0.3, 0.4) is 0 Å². The number of hydrogen-bond acceptors (Lipinski definition) is 4. The van der Waals surface area contributed by atoms with E-state index in [-0.39, 0.29) is 16.6 Å². The first-order valence-corrected chi connectivity index (χ1v) is 8.30. The maximum atomic E-state index is 12.2. The van der Waals surface area contributed by atoms with Crippen molar-refractivity contribution in [2.24, 2.45) is 0 Å². The first kappa shape index (κ1) is 14.3. The summed E-state index contributed by atoms with van der Waals surface area (Å²) in [5, 5.41) is 4.15. The molecule has 0 saturated heterocycles. The molecule has 0 fully saturated rings. The number of rotatable bonds is 4. The molecule has 1 heterocycles. The fourth-order valence-electron chi connectivity index (χ4n) is 1.58. The molecule has 1 unspecified atom stereocenters. The minimum Gasteiger partial charge on any atom is -0.397 e. The molecule has 0 radical (unpaired) electrons. The molecule has 0 amide bonds. The Morgan fingerprint density at radius 1 is 1.37 bits per heavy atom. The summed E-state index contributed by atoms with van der Waals surface area (Å²) in [4.78, 5) is 0.108. The summed E-state index contributed by atoms with van der Waals surface area (Å²) >= 11 is 7.30. The summed E-state index contributed by atoms with van der Waals surface area (Å²) in [6.07, 6.45) is 0. The zero-order valence-electron chi connectivity index (χ0n) is 10.1. The van der Waals surface area contributed by atoms with E-state index in [1.807, 2.05) is 16.8 Å². The van der Waals surface area contributed by atoms with Gasteiger partial charge in [-0.15, -0.1) is 0 Å².